The van der Waals surface area contributed by atoms with E-state index in [2.05, 4.69) is 88.5 Å². The highest BCUT2D eigenvalue weighted by Crippen LogP contribution is 2.31. The molecule has 174 valence electrons. The van der Waals surface area contributed by atoms with Gasteiger partial charge in [0, 0.05) is 12.0 Å². The molecule has 0 saturated carbocycles. The van der Waals surface area contributed by atoms with Gasteiger partial charge in [-0.15, -0.1) is 0 Å². The zero-order valence-electron chi connectivity index (χ0n) is 20.6. The van der Waals surface area contributed by atoms with E-state index >= 15 is 0 Å². The second-order valence-corrected chi connectivity index (χ2v) is 8.82. The fraction of sp³-hybridized carbons (Fsp3) is 0.433. The van der Waals surface area contributed by atoms with E-state index in [0.29, 0.717) is 12.2 Å². The zero-order chi connectivity index (χ0) is 23.5. The first kappa shape index (κ1) is 27.4. The van der Waals surface area contributed by atoms with E-state index in [-0.39, 0.29) is 11.4 Å². The number of allylic oxidation sites excluding steroid dienone is 10. The molecule has 0 unspecified atom stereocenters. The summed E-state index contributed by atoms with van der Waals surface area (Å²) in [6.07, 6.45) is 29.1. The number of para-hydroxylation sites is 1. The Labute approximate surface area is 196 Å². The number of rotatable bonds is 14. The van der Waals surface area contributed by atoms with Gasteiger partial charge in [0.1, 0.15) is 5.75 Å². The molecule has 0 amide bonds. The molecule has 1 aromatic rings. The average Bonchev–Trinajstić information content (AvgIpc) is 2.75. The van der Waals surface area contributed by atoms with Gasteiger partial charge in [0.25, 0.3) is 0 Å². The van der Waals surface area contributed by atoms with Crippen molar-refractivity contribution in [2.45, 2.75) is 84.5 Å². The number of unbranched alkanes of at least 4 members (excludes halogenated alkanes) is 1. The van der Waals surface area contributed by atoms with Crippen molar-refractivity contribution in [3.63, 3.8) is 0 Å². The molecule has 0 atom stereocenters. The monoisotopic (exact) mass is 434 g/mol. The molecule has 0 saturated heterocycles. The van der Waals surface area contributed by atoms with Crippen LogP contribution >= 0.6 is 0 Å². The minimum Gasteiger partial charge on any atom is -0.426 e. The van der Waals surface area contributed by atoms with Crippen LogP contribution < -0.4 is 4.74 Å². The van der Waals surface area contributed by atoms with Gasteiger partial charge in [0.15, 0.2) is 0 Å². The molecular formula is C30H42O2. The van der Waals surface area contributed by atoms with Gasteiger partial charge in [-0.05, 0) is 56.4 Å². The van der Waals surface area contributed by atoms with Crippen molar-refractivity contribution in [2.24, 2.45) is 0 Å². The SMILES string of the molecule is CC/C=C\C/C=C\C/C=C\C/C=C\C/C=C\CCCC(=O)Oc1ccccc1C(C)(C)C. The van der Waals surface area contributed by atoms with Crippen LogP contribution in [0.1, 0.15) is 84.6 Å². The first-order valence-corrected chi connectivity index (χ1v) is 12.0. The number of benzene rings is 1. The number of hydrogen-bond acceptors (Lipinski definition) is 2. The van der Waals surface area contributed by atoms with Gasteiger partial charge in [0.05, 0.1) is 0 Å². The summed E-state index contributed by atoms with van der Waals surface area (Å²) in [5.74, 6) is 0.522. The van der Waals surface area contributed by atoms with E-state index in [1.54, 1.807) is 0 Å². The summed E-state index contributed by atoms with van der Waals surface area (Å²) in [5, 5.41) is 0. The molecule has 32 heavy (non-hydrogen) atoms. The highest BCUT2D eigenvalue weighted by atomic mass is 16.5. The van der Waals surface area contributed by atoms with Crippen LogP contribution in [0.5, 0.6) is 5.75 Å². The largest absolute Gasteiger partial charge is 0.426 e. The summed E-state index contributed by atoms with van der Waals surface area (Å²) in [6.45, 7) is 8.53. The lowest BCUT2D eigenvalue weighted by Gasteiger charge is -2.22. The number of carbonyl (C=O) groups is 1. The van der Waals surface area contributed by atoms with Crippen LogP contribution in [-0.4, -0.2) is 5.97 Å². The van der Waals surface area contributed by atoms with Gasteiger partial charge in [-0.3, -0.25) is 4.79 Å². The van der Waals surface area contributed by atoms with Gasteiger partial charge in [-0.2, -0.15) is 0 Å². The van der Waals surface area contributed by atoms with E-state index in [0.717, 1.165) is 50.5 Å². The summed E-state index contributed by atoms with van der Waals surface area (Å²) < 4.78 is 5.61. The van der Waals surface area contributed by atoms with Crippen LogP contribution in [0.4, 0.5) is 0 Å². The fourth-order valence-electron chi connectivity index (χ4n) is 3.08. The number of carbonyl (C=O) groups excluding carboxylic acids is 1. The molecule has 0 aliphatic carbocycles. The minimum atomic E-state index is -0.158. The van der Waals surface area contributed by atoms with E-state index in [4.69, 9.17) is 4.74 Å². The molecule has 0 fully saturated rings. The van der Waals surface area contributed by atoms with Crippen LogP contribution in [0.2, 0.25) is 0 Å². The van der Waals surface area contributed by atoms with Crippen LogP contribution in [0.3, 0.4) is 0 Å². The standard InChI is InChI=1S/C30H42O2/c1-5-6-7-8-9-10-11-12-13-14-15-16-17-18-19-20-21-26-29(31)32-28-25-23-22-24-27(28)30(2,3)4/h6-7,9-10,12-13,15-16,18-19,22-25H,5,8,11,14,17,20-21,26H2,1-4H3/b7-6-,10-9-,13-12-,16-15-,19-18-. The normalized spacial score (nSPS) is 12.9. The van der Waals surface area contributed by atoms with Crippen molar-refractivity contribution in [1.29, 1.82) is 0 Å². The lowest BCUT2D eigenvalue weighted by atomic mass is 9.86. The molecule has 0 heterocycles. The Balaban J connectivity index is 2.14. The third-order valence-corrected chi connectivity index (χ3v) is 4.83. The molecule has 0 aromatic heterocycles. The Bertz CT molecular complexity index is 785. The predicted octanol–water partition coefficient (Wildman–Crippen LogP) is 8.81. The molecule has 2 heteroatoms. The van der Waals surface area contributed by atoms with Crippen LogP contribution in [0.25, 0.3) is 0 Å². The molecule has 0 aliphatic heterocycles. The number of ether oxygens (including phenoxy) is 1. The molecule has 1 rings (SSSR count). The summed E-state index contributed by atoms with van der Waals surface area (Å²) >= 11 is 0. The maximum Gasteiger partial charge on any atom is 0.311 e. The van der Waals surface area contributed by atoms with E-state index < -0.39 is 0 Å². The molecule has 0 bridgehead atoms. The fourth-order valence-corrected chi connectivity index (χ4v) is 3.08. The predicted molar refractivity (Wildman–Crippen MR) is 139 cm³/mol. The smallest absolute Gasteiger partial charge is 0.311 e. The molecule has 0 aliphatic rings. The Morgan fingerprint density at radius 1 is 0.781 bits per heavy atom. The third kappa shape index (κ3) is 13.6. The molecule has 0 radical (unpaired) electrons. The first-order chi connectivity index (χ1) is 15.4. The first-order valence-electron chi connectivity index (χ1n) is 12.0. The summed E-state index contributed by atoms with van der Waals surface area (Å²) in [7, 11) is 0. The van der Waals surface area contributed by atoms with Crippen molar-refractivity contribution in [3.05, 3.63) is 90.6 Å². The Morgan fingerprint density at radius 2 is 1.28 bits per heavy atom. The lowest BCUT2D eigenvalue weighted by molar-refractivity contribution is -0.134. The summed E-state index contributed by atoms with van der Waals surface area (Å²) in [4.78, 5) is 12.2. The highest BCUT2D eigenvalue weighted by molar-refractivity contribution is 5.72. The molecular weight excluding hydrogens is 392 g/mol. The second-order valence-electron chi connectivity index (χ2n) is 8.82. The highest BCUT2D eigenvalue weighted by Gasteiger charge is 2.19. The molecule has 2 nitrogen and oxygen atoms in total. The Kier molecular flexibility index (Phi) is 14.6. The van der Waals surface area contributed by atoms with Crippen molar-refractivity contribution >= 4 is 5.97 Å². The maximum absolute atomic E-state index is 12.2. The molecule has 0 N–H and O–H groups in total. The Morgan fingerprint density at radius 3 is 1.81 bits per heavy atom. The quantitative estimate of drug-likeness (QED) is 0.126. The van der Waals surface area contributed by atoms with Crippen molar-refractivity contribution in [2.75, 3.05) is 0 Å². The Hall–Kier alpha value is -2.61. The van der Waals surface area contributed by atoms with Crippen LogP contribution in [-0.2, 0) is 10.2 Å². The second kappa shape index (κ2) is 17.0. The van der Waals surface area contributed by atoms with Crippen molar-refractivity contribution in [3.8, 4) is 5.75 Å². The van der Waals surface area contributed by atoms with Crippen molar-refractivity contribution < 1.29 is 9.53 Å². The van der Waals surface area contributed by atoms with Gasteiger partial charge >= 0.3 is 5.97 Å². The third-order valence-electron chi connectivity index (χ3n) is 4.83. The van der Waals surface area contributed by atoms with Crippen LogP contribution in [0, 0.1) is 0 Å². The van der Waals surface area contributed by atoms with Gasteiger partial charge < -0.3 is 4.74 Å². The van der Waals surface area contributed by atoms with E-state index in [1.165, 1.54) is 0 Å². The maximum atomic E-state index is 12.2. The lowest BCUT2D eigenvalue weighted by Crippen LogP contribution is -2.16. The van der Waals surface area contributed by atoms with Gasteiger partial charge in [-0.1, -0.05) is 107 Å². The molecule has 1 aromatic carbocycles. The van der Waals surface area contributed by atoms with Crippen molar-refractivity contribution in [1.82, 2.24) is 0 Å². The summed E-state index contributed by atoms with van der Waals surface area (Å²) in [6, 6.07) is 7.80. The minimum absolute atomic E-state index is 0.0499. The average molecular weight is 435 g/mol. The van der Waals surface area contributed by atoms with E-state index in [1.807, 2.05) is 24.3 Å². The van der Waals surface area contributed by atoms with Gasteiger partial charge in [0.2, 0.25) is 0 Å². The zero-order valence-corrected chi connectivity index (χ0v) is 20.6. The summed E-state index contributed by atoms with van der Waals surface area (Å²) in [5.41, 5.74) is 1.01. The molecule has 0 spiro atoms. The van der Waals surface area contributed by atoms with E-state index in [9.17, 15) is 4.79 Å². The number of hydrogen-bond donors (Lipinski definition) is 0. The number of esters is 1. The topological polar surface area (TPSA) is 26.3 Å². The van der Waals surface area contributed by atoms with Crippen LogP contribution in [0.15, 0.2) is 85.0 Å². The van der Waals surface area contributed by atoms with Gasteiger partial charge in [-0.25, -0.2) is 0 Å².